The van der Waals surface area contributed by atoms with Crippen LogP contribution in [0.25, 0.3) is 0 Å². The van der Waals surface area contributed by atoms with Gasteiger partial charge in [-0.1, -0.05) is 0 Å². The monoisotopic (exact) mass is 260 g/mol. The van der Waals surface area contributed by atoms with E-state index in [1.54, 1.807) is 14.0 Å². The summed E-state index contributed by atoms with van der Waals surface area (Å²) in [5, 5.41) is 14.4. The first-order valence-electron chi connectivity index (χ1n) is 4.69. The van der Waals surface area contributed by atoms with E-state index in [1.807, 2.05) is 6.92 Å². The second-order valence-electron chi connectivity index (χ2n) is 2.67. The molecule has 0 aromatic heterocycles. The van der Waals surface area contributed by atoms with E-state index in [9.17, 15) is 0 Å². The molecule has 0 amide bonds. The summed E-state index contributed by atoms with van der Waals surface area (Å²) in [5.41, 5.74) is 5.96. The molecule has 0 aliphatic carbocycles. The van der Waals surface area contributed by atoms with Crippen molar-refractivity contribution in [2.45, 2.75) is 13.8 Å². The largest absolute Gasteiger partial charge is 0.364 e. The van der Waals surface area contributed by atoms with Crippen LogP contribution in [0.1, 0.15) is 13.8 Å². The van der Waals surface area contributed by atoms with Gasteiger partial charge in [0.15, 0.2) is 10.2 Å². The predicted molar refractivity (Wildman–Crippen MR) is 75.8 cm³/mol. The lowest BCUT2D eigenvalue weighted by molar-refractivity contribution is 0.902. The Labute approximate surface area is 106 Å². The van der Waals surface area contributed by atoms with Crippen LogP contribution in [0.5, 0.6) is 0 Å². The van der Waals surface area contributed by atoms with Gasteiger partial charge in [0.25, 0.3) is 0 Å². The van der Waals surface area contributed by atoms with Gasteiger partial charge in [-0.2, -0.15) is 10.2 Å². The summed E-state index contributed by atoms with van der Waals surface area (Å²) < 4.78 is 0. The third kappa shape index (κ3) is 8.06. The van der Waals surface area contributed by atoms with Gasteiger partial charge < -0.3 is 10.6 Å². The molecule has 0 spiro atoms. The average molecular weight is 260 g/mol. The summed E-state index contributed by atoms with van der Waals surface area (Å²) in [4.78, 5) is 0. The third-order valence-corrected chi connectivity index (χ3v) is 1.85. The normalized spacial score (nSPS) is 11.1. The van der Waals surface area contributed by atoms with Crippen LogP contribution < -0.4 is 21.5 Å². The molecule has 8 heteroatoms. The van der Waals surface area contributed by atoms with Crippen LogP contribution in [0.3, 0.4) is 0 Å². The van der Waals surface area contributed by atoms with Crippen molar-refractivity contribution in [3.05, 3.63) is 0 Å². The van der Waals surface area contributed by atoms with Crippen molar-refractivity contribution >= 4 is 46.6 Å². The van der Waals surface area contributed by atoms with Gasteiger partial charge in [-0.25, -0.2) is 0 Å². The van der Waals surface area contributed by atoms with Crippen LogP contribution in [0.2, 0.25) is 0 Å². The SMILES string of the molecule is CCNC(=S)N/N=C(C)/C=N/NC(=S)NC. The summed E-state index contributed by atoms with van der Waals surface area (Å²) in [6.45, 7) is 4.50. The first-order chi connectivity index (χ1) is 7.60. The fraction of sp³-hybridized carbons (Fsp3) is 0.500. The number of hydrogen-bond donors (Lipinski definition) is 4. The Morgan fingerprint density at radius 1 is 1.25 bits per heavy atom. The van der Waals surface area contributed by atoms with Gasteiger partial charge in [0.1, 0.15) is 0 Å². The van der Waals surface area contributed by atoms with Gasteiger partial charge >= 0.3 is 0 Å². The van der Waals surface area contributed by atoms with Crippen molar-refractivity contribution < 1.29 is 0 Å². The van der Waals surface area contributed by atoms with E-state index >= 15 is 0 Å². The number of thiocarbonyl (C=S) groups is 2. The fourth-order valence-electron chi connectivity index (χ4n) is 0.608. The molecule has 0 rings (SSSR count). The van der Waals surface area contributed by atoms with Crippen molar-refractivity contribution in [3.8, 4) is 0 Å². The molecule has 0 fully saturated rings. The minimum Gasteiger partial charge on any atom is -0.364 e. The molecule has 0 radical (unpaired) electrons. The smallest absolute Gasteiger partial charge is 0.186 e. The number of hydrazone groups is 2. The fourth-order valence-corrected chi connectivity index (χ4v) is 0.851. The van der Waals surface area contributed by atoms with Crippen molar-refractivity contribution in [3.63, 3.8) is 0 Å². The summed E-state index contributed by atoms with van der Waals surface area (Å²) in [6, 6.07) is 0. The molecule has 0 aromatic carbocycles. The zero-order chi connectivity index (χ0) is 12.4. The standard InChI is InChI=1S/C8H16N6S2/c1-4-10-8(16)14-12-6(2)5-11-13-7(15)9-3/h5H,4H2,1-3H3,(H2,9,13,15)(H2,10,14,16)/b11-5+,12-6+. The maximum atomic E-state index is 4.92. The summed E-state index contributed by atoms with van der Waals surface area (Å²) in [7, 11) is 1.71. The average Bonchev–Trinajstić information content (AvgIpc) is 2.26. The highest BCUT2D eigenvalue weighted by Crippen LogP contribution is 1.73. The maximum Gasteiger partial charge on any atom is 0.186 e. The summed E-state index contributed by atoms with van der Waals surface area (Å²) >= 11 is 9.75. The molecule has 0 unspecified atom stereocenters. The number of hydrogen-bond acceptors (Lipinski definition) is 4. The summed E-state index contributed by atoms with van der Waals surface area (Å²) in [5.74, 6) is 0. The van der Waals surface area contributed by atoms with Crippen LogP contribution in [0.4, 0.5) is 0 Å². The van der Waals surface area contributed by atoms with Crippen molar-refractivity contribution in [1.29, 1.82) is 0 Å². The molecule has 0 heterocycles. The van der Waals surface area contributed by atoms with Gasteiger partial charge in [0.2, 0.25) is 0 Å². The predicted octanol–water partition coefficient (Wildman–Crippen LogP) is -0.0740. The summed E-state index contributed by atoms with van der Waals surface area (Å²) in [6.07, 6.45) is 1.53. The molecule has 90 valence electrons. The Morgan fingerprint density at radius 3 is 2.50 bits per heavy atom. The zero-order valence-corrected chi connectivity index (χ0v) is 11.1. The van der Waals surface area contributed by atoms with Gasteiger partial charge in [-0.3, -0.25) is 10.9 Å². The minimum atomic E-state index is 0.445. The molecule has 4 N–H and O–H groups in total. The Balaban J connectivity index is 3.95. The second-order valence-corrected chi connectivity index (χ2v) is 3.49. The highest BCUT2D eigenvalue weighted by atomic mass is 32.1. The molecular formula is C8H16N6S2. The highest BCUT2D eigenvalue weighted by Gasteiger charge is 1.90. The number of nitrogens with zero attached hydrogens (tertiary/aromatic N) is 2. The lowest BCUT2D eigenvalue weighted by atomic mass is 10.5. The topological polar surface area (TPSA) is 72.8 Å². The molecule has 0 saturated heterocycles. The van der Waals surface area contributed by atoms with Gasteiger partial charge in [-0.15, -0.1) is 0 Å². The van der Waals surface area contributed by atoms with Crippen LogP contribution in [0, 0.1) is 0 Å². The quantitative estimate of drug-likeness (QED) is 0.322. The number of nitrogens with one attached hydrogen (secondary N) is 4. The van der Waals surface area contributed by atoms with Crippen molar-refractivity contribution in [1.82, 2.24) is 21.5 Å². The molecule has 16 heavy (non-hydrogen) atoms. The molecule has 0 bridgehead atoms. The van der Waals surface area contributed by atoms with E-state index in [0.29, 0.717) is 15.9 Å². The minimum absolute atomic E-state index is 0.445. The lowest BCUT2D eigenvalue weighted by Crippen LogP contribution is -2.32. The van der Waals surface area contributed by atoms with Crippen LogP contribution >= 0.6 is 24.4 Å². The van der Waals surface area contributed by atoms with Crippen molar-refractivity contribution in [2.24, 2.45) is 10.2 Å². The molecule has 0 aliphatic rings. The first-order valence-corrected chi connectivity index (χ1v) is 5.50. The van der Waals surface area contributed by atoms with Gasteiger partial charge in [-0.05, 0) is 38.3 Å². The van der Waals surface area contributed by atoms with Crippen LogP contribution in [-0.4, -0.2) is 35.7 Å². The molecular weight excluding hydrogens is 244 g/mol. The van der Waals surface area contributed by atoms with E-state index in [0.717, 1.165) is 6.54 Å². The maximum absolute atomic E-state index is 4.92. The van der Waals surface area contributed by atoms with Gasteiger partial charge in [0.05, 0.1) is 11.9 Å². The molecule has 6 nitrogen and oxygen atoms in total. The van der Waals surface area contributed by atoms with E-state index in [2.05, 4.69) is 31.7 Å². The Hall–Kier alpha value is -1.28. The van der Waals surface area contributed by atoms with E-state index < -0.39 is 0 Å². The Bertz CT molecular complexity index is 299. The Morgan fingerprint density at radius 2 is 1.94 bits per heavy atom. The molecule has 0 atom stereocenters. The third-order valence-electron chi connectivity index (χ3n) is 1.32. The zero-order valence-electron chi connectivity index (χ0n) is 9.50. The van der Waals surface area contributed by atoms with Crippen LogP contribution in [0.15, 0.2) is 10.2 Å². The lowest BCUT2D eigenvalue weighted by Gasteiger charge is -2.03. The molecule has 0 aromatic rings. The van der Waals surface area contributed by atoms with E-state index in [4.69, 9.17) is 24.4 Å². The first kappa shape index (κ1) is 14.7. The molecule has 0 aliphatic heterocycles. The number of rotatable bonds is 4. The van der Waals surface area contributed by atoms with Gasteiger partial charge in [0, 0.05) is 13.6 Å². The van der Waals surface area contributed by atoms with E-state index in [-0.39, 0.29) is 0 Å². The second kappa shape index (κ2) is 8.98. The van der Waals surface area contributed by atoms with Crippen LogP contribution in [-0.2, 0) is 0 Å². The van der Waals surface area contributed by atoms with Crippen molar-refractivity contribution in [2.75, 3.05) is 13.6 Å². The Kier molecular flexibility index (Phi) is 8.26. The van der Waals surface area contributed by atoms with E-state index in [1.165, 1.54) is 6.21 Å². The highest BCUT2D eigenvalue weighted by molar-refractivity contribution is 7.80. The molecule has 0 saturated carbocycles.